The molecular formula is C38H26N4O5S. The molecule has 48 heavy (non-hydrogen) atoms. The lowest BCUT2D eigenvalue weighted by atomic mass is 9.91. The summed E-state index contributed by atoms with van der Waals surface area (Å²) in [6, 6.07) is 32.3. The lowest BCUT2D eigenvalue weighted by Crippen LogP contribution is -2.14. The van der Waals surface area contributed by atoms with Gasteiger partial charge in [-0.2, -0.15) is 0 Å². The van der Waals surface area contributed by atoms with Gasteiger partial charge in [-0.15, -0.1) is 0 Å². The molecule has 7 rings (SSSR count). The number of ketones is 1. The highest BCUT2D eigenvalue weighted by Crippen LogP contribution is 2.35. The van der Waals surface area contributed by atoms with Crippen molar-refractivity contribution in [2.45, 2.75) is 5.16 Å². The SMILES string of the molecule is O=C(CSc1nc(/C=C2\C(=O)C=Cc3ccccc32)c(O)n1-c1ccccc1)Nc1ccc(-c2cc(C(=O)O)c3ccccc3n2)cc1. The third-order valence-electron chi connectivity index (χ3n) is 7.82. The molecule has 0 unspecified atom stereocenters. The van der Waals surface area contributed by atoms with Crippen LogP contribution in [0.2, 0.25) is 0 Å². The number of pyridine rings is 1. The van der Waals surface area contributed by atoms with Crippen LogP contribution in [-0.2, 0) is 9.59 Å². The van der Waals surface area contributed by atoms with E-state index in [2.05, 4.69) is 15.3 Å². The number of allylic oxidation sites excluding steroid dienone is 2. The average Bonchev–Trinajstić information content (AvgIpc) is 3.42. The Labute approximate surface area is 278 Å². The van der Waals surface area contributed by atoms with Crippen molar-refractivity contribution in [3.05, 3.63) is 138 Å². The van der Waals surface area contributed by atoms with Gasteiger partial charge in [-0.05, 0) is 59.7 Å². The van der Waals surface area contributed by atoms with E-state index in [4.69, 9.17) is 0 Å². The van der Waals surface area contributed by atoms with Crippen LogP contribution >= 0.6 is 11.8 Å². The largest absolute Gasteiger partial charge is 0.493 e. The molecule has 0 aliphatic heterocycles. The van der Waals surface area contributed by atoms with E-state index in [1.807, 2.05) is 60.7 Å². The Morgan fingerprint density at radius 1 is 0.854 bits per heavy atom. The Kier molecular flexibility index (Phi) is 8.14. The van der Waals surface area contributed by atoms with E-state index >= 15 is 0 Å². The molecule has 0 atom stereocenters. The maximum atomic E-state index is 13.1. The molecule has 2 heterocycles. The first-order chi connectivity index (χ1) is 23.4. The Morgan fingerprint density at radius 2 is 1.58 bits per heavy atom. The molecule has 10 heteroatoms. The highest BCUT2D eigenvalue weighted by atomic mass is 32.2. The summed E-state index contributed by atoms with van der Waals surface area (Å²) < 4.78 is 1.55. The van der Waals surface area contributed by atoms with Crippen molar-refractivity contribution in [1.29, 1.82) is 0 Å². The summed E-state index contributed by atoms with van der Waals surface area (Å²) in [6.07, 6.45) is 4.84. The van der Waals surface area contributed by atoms with Gasteiger partial charge in [-0.3, -0.25) is 14.2 Å². The maximum absolute atomic E-state index is 13.1. The lowest BCUT2D eigenvalue weighted by molar-refractivity contribution is -0.114. The summed E-state index contributed by atoms with van der Waals surface area (Å²) in [5.74, 6) is -1.69. The quantitative estimate of drug-likeness (QED) is 0.115. The fourth-order valence-electron chi connectivity index (χ4n) is 5.52. The fourth-order valence-corrected chi connectivity index (χ4v) is 6.34. The number of anilines is 1. The number of carbonyl (C=O) groups is 3. The molecule has 0 saturated carbocycles. The van der Waals surface area contributed by atoms with Crippen LogP contribution in [0.1, 0.15) is 27.2 Å². The molecule has 3 N–H and O–H groups in total. The number of hydrogen-bond donors (Lipinski definition) is 3. The molecule has 6 aromatic rings. The number of nitrogens with one attached hydrogen (secondary N) is 1. The van der Waals surface area contributed by atoms with Crippen LogP contribution in [-0.4, -0.2) is 48.2 Å². The minimum Gasteiger partial charge on any atom is -0.493 e. The van der Waals surface area contributed by atoms with Crippen LogP contribution in [0.4, 0.5) is 5.69 Å². The minimum absolute atomic E-state index is 0.0141. The summed E-state index contributed by atoms with van der Waals surface area (Å²) in [5.41, 5.74) is 5.40. The number of carboxylic acids is 1. The van der Waals surface area contributed by atoms with Gasteiger partial charge >= 0.3 is 5.97 Å². The van der Waals surface area contributed by atoms with Gasteiger partial charge in [0.05, 0.1) is 28.2 Å². The first-order valence-corrected chi connectivity index (χ1v) is 15.9. The highest BCUT2D eigenvalue weighted by molar-refractivity contribution is 7.99. The minimum atomic E-state index is -1.04. The highest BCUT2D eigenvalue weighted by Gasteiger charge is 2.22. The number of amides is 1. The van der Waals surface area contributed by atoms with Crippen LogP contribution in [0.25, 0.3) is 45.6 Å². The van der Waals surface area contributed by atoms with E-state index in [1.165, 1.54) is 6.08 Å². The Balaban J connectivity index is 1.11. The maximum Gasteiger partial charge on any atom is 0.336 e. The van der Waals surface area contributed by atoms with Gasteiger partial charge in [0.25, 0.3) is 0 Å². The first kappa shape index (κ1) is 30.4. The zero-order valence-corrected chi connectivity index (χ0v) is 26.0. The van der Waals surface area contributed by atoms with E-state index in [0.29, 0.717) is 44.3 Å². The van der Waals surface area contributed by atoms with Crippen LogP contribution in [0, 0.1) is 0 Å². The summed E-state index contributed by atoms with van der Waals surface area (Å²) >= 11 is 1.14. The number of fused-ring (bicyclic) bond motifs is 2. The van der Waals surface area contributed by atoms with Crippen molar-refractivity contribution >= 4 is 63.7 Å². The van der Waals surface area contributed by atoms with Crippen molar-refractivity contribution in [3.63, 3.8) is 0 Å². The number of imidazole rings is 1. The monoisotopic (exact) mass is 650 g/mol. The van der Waals surface area contributed by atoms with Crippen LogP contribution in [0.3, 0.4) is 0 Å². The lowest BCUT2D eigenvalue weighted by Gasteiger charge is -2.12. The number of rotatable bonds is 8. The summed E-state index contributed by atoms with van der Waals surface area (Å²) in [7, 11) is 0. The predicted octanol–water partition coefficient (Wildman–Crippen LogP) is 7.36. The topological polar surface area (TPSA) is 134 Å². The van der Waals surface area contributed by atoms with E-state index in [9.17, 15) is 24.6 Å². The third kappa shape index (κ3) is 6.00. The van der Waals surface area contributed by atoms with Crippen molar-refractivity contribution in [2.24, 2.45) is 0 Å². The van der Waals surface area contributed by atoms with Gasteiger partial charge < -0.3 is 15.5 Å². The summed E-state index contributed by atoms with van der Waals surface area (Å²) in [5, 5.41) is 24.9. The number of para-hydroxylation sites is 2. The molecule has 1 aliphatic carbocycles. The molecule has 9 nitrogen and oxygen atoms in total. The standard InChI is InChI=1S/C38H26N4O5S/c43-34-19-16-23-8-4-5-11-27(23)29(34)20-33-36(45)42(26-9-2-1-3-10-26)38(41-33)48-22-35(44)39-25-17-14-24(15-18-25)32-21-30(37(46)47)28-12-6-7-13-31(28)40-32/h1-21,45H,22H2,(H,39,44)(H,46,47)/b29-20-. The predicted molar refractivity (Wildman–Crippen MR) is 187 cm³/mol. The van der Waals surface area contributed by atoms with Gasteiger partial charge in [0.2, 0.25) is 11.8 Å². The van der Waals surface area contributed by atoms with Crippen molar-refractivity contribution in [3.8, 4) is 22.8 Å². The fraction of sp³-hybridized carbons (Fsp3) is 0.0263. The van der Waals surface area contributed by atoms with E-state index in [1.54, 1.807) is 65.3 Å². The Hall–Kier alpha value is -6.26. The average molecular weight is 651 g/mol. The second-order valence-electron chi connectivity index (χ2n) is 10.9. The molecule has 0 fully saturated rings. The summed E-state index contributed by atoms with van der Waals surface area (Å²) in [4.78, 5) is 47.1. The second kappa shape index (κ2) is 12.9. The van der Waals surface area contributed by atoms with Gasteiger partial charge in [0.15, 0.2) is 10.9 Å². The van der Waals surface area contributed by atoms with Crippen molar-refractivity contribution < 1.29 is 24.6 Å². The molecule has 234 valence electrons. The number of carboxylic acid groups (broad SMARTS) is 1. The van der Waals surface area contributed by atoms with Gasteiger partial charge in [-0.1, -0.05) is 90.6 Å². The van der Waals surface area contributed by atoms with Gasteiger partial charge in [-0.25, -0.2) is 14.8 Å². The first-order valence-electron chi connectivity index (χ1n) is 14.9. The molecule has 1 aliphatic rings. The Morgan fingerprint density at radius 3 is 2.38 bits per heavy atom. The van der Waals surface area contributed by atoms with Gasteiger partial charge in [0.1, 0.15) is 5.69 Å². The molecule has 0 spiro atoms. The van der Waals surface area contributed by atoms with E-state index < -0.39 is 5.97 Å². The number of aromatic carboxylic acids is 1. The number of hydrogen-bond acceptors (Lipinski definition) is 7. The second-order valence-corrected chi connectivity index (χ2v) is 11.9. The van der Waals surface area contributed by atoms with E-state index in [0.717, 1.165) is 22.9 Å². The zero-order valence-electron chi connectivity index (χ0n) is 25.2. The van der Waals surface area contributed by atoms with Crippen LogP contribution < -0.4 is 5.32 Å². The number of benzene rings is 4. The molecule has 4 aromatic carbocycles. The zero-order chi connectivity index (χ0) is 33.2. The van der Waals surface area contributed by atoms with Crippen LogP contribution in [0.15, 0.2) is 120 Å². The molecule has 2 aromatic heterocycles. The molecule has 0 bridgehead atoms. The Bertz CT molecular complexity index is 2290. The molecular weight excluding hydrogens is 625 g/mol. The van der Waals surface area contributed by atoms with Gasteiger partial charge in [0, 0.05) is 22.2 Å². The molecule has 0 radical (unpaired) electrons. The van der Waals surface area contributed by atoms with Crippen molar-refractivity contribution in [1.82, 2.24) is 14.5 Å². The number of thioether (sulfide) groups is 1. The molecule has 0 saturated heterocycles. The number of aromatic nitrogens is 3. The summed E-state index contributed by atoms with van der Waals surface area (Å²) in [6.45, 7) is 0. The third-order valence-corrected chi connectivity index (χ3v) is 8.76. The van der Waals surface area contributed by atoms with E-state index in [-0.39, 0.29) is 34.6 Å². The smallest absolute Gasteiger partial charge is 0.336 e. The number of nitrogens with zero attached hydrogens (tertiary/aromatic N) is 3. The normalized spacial score (nSPS) is 13.1. The van der Waals surface area contributed by atoms with Crippen LogP contribution in [0.5, 0.6) is 5.88 Å². The van der Waals surface area contributed by atoms with Crippen molar-refractivity contribution in [2.75, 3.05) is 11.1 Å². The number of aromatic hydroxyl groups is 1. The number of carbonyl (C=O) groups excluding carboxylic acids is 2. The molecule has 1 amide bonds.